The zero-order valence-electron chi connectivity index (χ0n) is 78.5. The van der Waals surface area contributed by atoms with Crippen molar-refractivity contribution in [3.05, 3.63) is 409 Å². The van der Waals surface area contributed by atoms with E-state index in [4.69, 9.17) is 10.2 Å². The molecular weight excluding hydrogens is 2410 g/mol. The first kappa shape index (κ1) is 111. The van der Waals surface area contributed by atoms with Gasteiger partial charge in [-0.15, -0.1) is 149 Å². The Balaban J connectivity index is 0.000000213. The summed E-state index contributed by atoms with van der Waals surface area (Å²) in [5.41, 5.74) is 32.1. The number of aliphatic hydroxyl groups excluding tert-OH is 2. The van der Waals surface area contributed by atoms with Gasteiger partial charge in [0.25, 0.3) is 0 Å². The van der Waals surface area contributed by atoms with Gasteiger partial charge in [0.05, 0.1) is 29.3 Å². The predicted octanol–water partition coefficient (Wildman–Crippen LogP) is 25.2. The molecule has 0 spiro atoms. The van der Waals surface area contributed by atoms with Crippen LogP contribution in [0.3, 0.4) is 0 Å². The topological polar surface area (TPSA) is 237 Å². The first-order valence-corrected chi connectivity index (χ1v) is 43.2. The van der Waals surface area contributed by atoms with E-state index in [0.29, 0.717) is 12.1 Å². The van der Waals surface area contributed by atoms with Crippen molar-refractivity contribution in [2.24, 2.45) is 0 Å². The van der Waals surface area contributed by atoms with Crippen LogP contribution in [0.25, 0.3) is 124 Å². The normalized spacial score (nSPS) is 11.0. The monoisotopic (exact) mass is 2520 g/mol. The number of alkyl halides is 3. The van der Waals surface area contributed by atoms with Crippen LogP contribution in [0.5, 0.6) is 0 Å². The van der Waals surface area contributed by atoms with Crippen LogP contribution in [-0.4, -0.2) is 82.5 Å². The summed E-state index contributed by atoms with van der Waals surface area (Å²) in [7, 11) is 0. The molecule has 17 nitrogen and oxygen atoms in total. The summed E-state index contributed by atoms with van der Waals surface area (Å²) in [6.07, 6.45) is 8.96. The van der Waals surface area contributed by atoms with Crippen LogP contribution in [0.4, 0.5) is 13.2 Å². The molecule has 24 heteroatoms. The van der Waals surface area contributed by atoms with Gasteiger partial charge in [0.15, 0.2) is 0 Å². The third-order valence-corrected chi connectivity index (χ3v) is 20.8. The molecule has 18 rings (SSSR count). The van der Waals surface area contributed by atoms with E-state index in [0.717, 1.165) is 113 Å². The number of aliphatic hydroxyl groups is 2. The van der Waals surface area contributed by atoms with Gasteiger partial charge in [0.1, 0.15) is 24.7 Å². The Labute approximate surface area is 851 Å². The van der Waals surface area contributed by atoms with Crippen molar-refractivity contribution in [2.75, 3.05) is 0 Å². The van der Waals surface area contributed by atoms with Crippen LogP contribution >= 0.6 is 0 Å². The summed E-state index contributed by atoms with van der Waals surface area (Å²) in [5, 5.41) is 31.9. The Hall–Kier alpha value is -12.4. The van der Waals surface area contributed by atoms with Gasteiger partial charge in [0.2, 0.25) is 0 Å². The van der Waals surface area contributed by atoms with Crippen molar-refractivity contribution in [1.82, 2.24) is 75.2 Å². The number of aromatic nitrogens is 15. The molecule has 18 aromatic rings. The Kier molecular flexibility index (Phi) is 43.7. The molecule has 4 radical (unpaired) electrons. The number of nitrogens with zero attached hydrogens (tertiary/aromatic N) is 15. The molecule has 136 heavy (non-hydrogen) atoms. The van der Waals surface area contributed by atoms with E-state index in [-0.39, 0.29) is 109 Å². The van der Waals surface area contributed by atoms with Crippen LogP contribution in [-0.2, 0) is 97.4 Å². The average Bonchev–Trinajstić information content (AvgIpc) is 0.869. The van der Waals surface area contributed by atoms with Gasteiger partial charge in [-0.25, -0.2) is 15.0 Å². The quantitative estimate of drug-likeness (QED) is 0.102. The summed E-state index contributed by atoms with van der Waals surface area (Å²) >= 11 is 0. The molecule has 2 atom stereocenters. The molecule has 0 aliphatic rings. The van der Waals surface area contributed by atoms with Crippen molar-refractivity contribution in [3.8, 4) is 124 Å². The fraction of sp³-hybridized carbons (Fsp3) is 0.196. The van der Waals surface area contributed by atoms with Gasteiger partial charge in [-0.2, -0.15) is 19.4 Å². The Morgan fingerprint density at radius 3 is 1.12 bits per heavy atom. The fourth-order valence-electron chi connectivity index (χ4n) is 13.6. The minimum atomic E-state index is -4.46. The summed E-state index contributed by atoms with van der Waals surface area (Å²) in [4.78, 5) is 47.5. The molecule has 10 aromatic heterocycles. The van der Waals surface area contributed by atoms with Gasteiger partial charge in [-0.05, 0) is 203 Å². The first-order valence-electron chi connectivity index (χ1n) is 43.2. The number of pyridine rings is 4. The predicted molar refractivity (Wildman–Crippen MR) is 522 cm³/mol. The smallest absolute Gasteiger partial charge is 0.431 e. The Bertz CT molecular complexity index is 6310. The molecule has 0 amide bonds. The van der Waals surface area contributed by atoms with Gasteiger partial charge < -0.3 is 40.6 Å². The van der Waals surface area contributed by atoms with Gasteiger partial charge in [-0.1, -0.05) is 191 Å². The summed E-state index contributed by atoms with van der Waals surface area (Å²) in [5.74, 6) is 0. The third kappa shape index (κ3) is 33.3. The van der Waals surface area contributed by atoms with Crippen molar-refractivity contribution in [1.29, 1.82) is 0 Å². The van der Waals surface area contributed by atoms with Gasteiger partial charge in [0, 0.05) is 150 Å². The molecule has 8 aromatic carbocycles. The van der Waals surface area contributed by atoms with Crippen molar-refractivity contribution in [2.45, 2.75) is 146 Å². The second-order valence-corrected chi connectivity index (χ2v) is 33.6. The number of hydrogen-bond acceptors (Lipinski definition) is 14. The van der Waals surface area contributed by atoms with Crippen LogP contribution in [0.15, 0.2) is 323 Å². The molecule has 706 valence electrons. The maximum atomic E-state index is 12.2. The molecule has 10 heterocycles. The van der Waals surface area contributed by atoms with E-state index >= 15 is 0 Å². The molecule has 0 bridgehead atoms. The van der Waals surface area contributed by atoms with E-state index in [1.165, 1.54) is 67.4 Å². The van der Waals surface area contributed by atoms with Crippen molar-refractivity contribution < 1.29 is 104 Å². The first-order chi connectivity index (χ1) is 63.3. The molecular formula is C112H107F3Ir4N15O2-7. The maximum absolute atomic E-state index is 12.2. The SMILES string of the molecule is CC(C)(C)c1c[n-]c(-c2ccccn2)c1.CC(C)(C)c1cc(-c2ccccn2)[n-]n1.CC(O)CC(C)O.Cc1ccc(-c2cc(-c3[c-]cccc3)ncn2)c(C)c1.Cc1ccc(C)c(-c2cc(-c3[c-]cccc3)ncn2)c1.Cc1cccc(-c2cc(-c3[c-]cccc3)ncn2)c1C.Cc1cccc(C)c1-c1ccnc(-c2[c-]cccc2)c1.FC(F)(F)c1cc(-c2ccccn2)[n-]n1.[Ir].[Ir].[Ir].[Ir]. The van der Waals surface area contributed by atoms with Crippen molar-refractivity contribution >= 4 is 0 Å². The average molecular weight is 2520 g/mol. The van der Waals surface area contributed by atoms with E-state index in [9.17, 15) is 13.2 Å². The fourth-order valence-corrected chi connectivity index (χ4v) is 13.6. The van der Waals surface area contributed by atoms with Gasteiger partial charge >= 0.3 is 6.18 Å². The number of hydrogen-bond donors (Lipinski definition) is 2. The molecule has 0 saturated carbocycles. The molecule has 2 N–H and O–H groups in total. The number of rotatable bonds is 13. The standard InChI is InChI=1S/C19H16N.3C18H15N2.C13H15N2.C12H14N3.C9H5F3N3.C5H12O2.4Ir/c1-14-7-6-8-15(2)19(14)17-11-12-20-18(13-17)16-9-4-3-5-10-16;1-13-7-6-10-16(14(13)2)18-11-17(19-12-20-18)15-8-4-3-5-9-15;1-13-8-9-16(14(2)10-13)18-11-17(19-12-20-18)15-6-4-3-5-7-15;1-13-8-9-14(2)16(10-13)18-11-17(19-12-20-18)15-6-4-3-5-7-15;1-13(2,3)10-8-12(15-9-10)11-6-4-5-7-14-11;1-12(2,3)11-8-10(14-15-11)9-6-4-5-7-13-9;10-9(11,12)8-5-7(14-15-8)6-3-1-2-4-13-6;1-4(6)3-5(2)7;;;;/h3-9,11-13H,1-2H3;3-8,10-12H,1-2H3;2*3-6,8-12H,1-2H3;4-9H,1-3H3;4-8H,1-3H3;1-5H;4-7H,3H2,1-2H3;;;;/q7*-1;;;;;. The van der Waals surface area contributed by atoms with E-state index in [1.54, 1.807) is 63.4 Å². The molecule has 0 saturated heterocycles. The second-order valence-electron chi connectivity index (χ2n) is 33.6. The third-order valence-electron chi connectivity index (χ3n) is 20.8. The van der Waals surface area contributed by atoms with E-state index in [1.807, 2.05) is 170 Å². The summed E-state index contributed by atoms with van der Waals surface area (Å²) < 4.78 is 36.6. The minimum Gasteiger partial charge on any atom is -0.662 e. The van der Waals surface area contributed by atoms with Crippen LogP contribution < -0.4 is 15.2 Å². The summed E-state index contributed by atoms with van der Waals surface area (Å²) in [6, 6.07) is 102. The van der Waals surface area contributed by atoms with Gasteiger partial charge in [-0.3, -0.25) is 29.9 Å². The molecule has 0 aliphatic carbocycles. The number of benzene rings is 8. The minimum absolute atomic E-state index is 0. The van der Waals surface area contributed by atoms with Crippen LogP contribution in [0.2, 0.25) is 0 Å². The largest absolute Gasteiger partial charge is 0.662 e. The second kappa shape index (κ2) is 53.8. The Morgan fingerprint density at radius 2 is 0.721 bits per heavy atom. The maximum Gasteiger partial charge on any atom is 0.431 e. The van der Waals surface area contributed by atoms with Crippen LogP contribution in [0, 0.1) is 79.7 Å². The van der Waals surface area contributed by atoms with E-state index < -0.39 is 11.9 Å². The van der Waals surface area contributed by atoms with Crippen molar-refractivity contribution in [3.63, 3.8) is 0 Å². The zero-order valence-corrected chi connectivity index (χ0v) is 88.1. The molecule has 0 fully saturated rings. The number of halogens is 3. The molecule has 0 aliphatic heterocycles. The number of aryl methyl sites for hydroxylation is 7. The molecule has 2 unspecified atom stereocenters. The Morgan fingerprint density at radius 1 is 0.324 bits per heavy atom. The van der Waals surface area contributed by atoms with Crippen LogP contribution in [0.1, 0.15) is 123 Å². The van der Waals surface area contributed by atoms with E-state index in [2.05, 4.69) is 287 Å². The summed E-state index contributed by atoms with van der Waals surface area (Å²) in [6.45, 7) is 33.2. The zero-order chi connectivity index (χ0) is 94.3.